The van der Waals surface area contributed by atoms with Crippen molar-refractivity contribution in [3.05, 3.63) is 40.4 Å². The molecule has 1 aromatic carbocycles. The molecule has 1 heterocycles. The Kier molecular flexibility index (Phi) is 5.92. The molecule has 0 radical (unpaired) electrons. The molecule has 0 bridgehead atoms. The Hall–Kier alpha value is -3.18. The molecule has 2 aliphatic rings. The third kappa shape index (κ3) is 3.70. The summed E-state index contributed by atoms with van der Waals surface area (Å²) < 4.78 is 16.4. The highest BCUT2D eigenvalue weighted by Crippen LogP contribution is 2.51. The van der Waals surface area contributed by atoms with Crippen LogP contribution in [0.15, 0.2) is 34.8 Å². The van der Waals surface area contributed by atoms with Gasteiger partial charge in [-0.15, -0.1) is 0 Å². The first-order valence-corrected chi connectivity index (χ1v) is 10.0. The van der Waals surface area contributed by atoms with Crippen LogP contribution in [0.3, 0.4) is 0 Å². The highest BCUT2D eigenvalue weighted by atomic mass is 16.5. The zero-order valence-electron chi connectivity index (χ0n) is 19.2. The third-order valence-corrected chi connectivity index (χ3v) is 5.77. The van der Waals surface area contributed by atoms with Gasteiger partial charge in [-0.25, -0.2) is 5.01 Å². The third-order valence-electron chi connectivity index (χ3n) is 5.77. The number of hydrogen-bond acceptors (Lipinski definition) is 8. The molecule has 0 amide bonds. The second-order valence-corrected chi connectivity index (χ2v) is 8.76. The standard InChI is InChI=1S/C23H30N4O4/c1-23(2)10-15-20(16(28)11-23)19(14(12-24)22(25)27(15)26(3)4)13-8-17(29-5)21(31-7)18(9-13)30-6/h8-9,19H,10-11,25H2,1-7H3/t19-/m0/s1. The molecule has 1 aliphatic heterocycles. The van der Waals surface area contributed by atoms with Crippen molar-refractivity contribution in [1.29, 1.82) is 5.26 Å². The number of carbonyl (C=O) groups is 1. The number of methoxy groups -OCH3 is 3. The van der Waals surface area contributed by atoms with Gasteiger partial charge in [-0.3, -0.25) is 9.80 Å². The first kappa shape index (κ1) is 22.5. The number of nitrogens with two attached hydrogens (primary N) is 1. The average Bonchev–Trinajstić information content (AvgIpc) is 2.70. The Morgan fingerprint density at radius 2 is 1.71 bits per heavy atom. The van der Waals surface area contributed by atoms with E-state index < -0.39 is 5.92 Å². The van der Waals surface area contributed by atoms with Gasteiger partial charge in [-0.2, -0.15) is 5.26 Å². The van der Waals surface area contributed by atoms with E-state index in [1.165, 1.54) is 21.3 Å². The first-order valence-electron chi connectivity index (χ1n) is 10.0. The predicted octanol–water partition coefficient (Wildman–Crippen LogP) is 2.93. The molecule has 0 fully saturated rings. The second-order valence-electron chi connectivity index (χ2n) is 8.76. The van der Waals surface area contributed by atoms with Crippen molar-refractivity contribution in [2.24, 2.45) is 11.1 Å². The van der Waals surface area contributed by atoms with Crippen LogP contribution in [0.4, 0.5) is 0 Å². The highest BCUT2D eigenvalue weighted by molar-refractivity contribution is 6.00. The Labute approximate surface area is 183 Å². The Morgan fingerprint density at radius 3 is 2.16 bits per heavy atom. The summed E-state index contributed by atoms with van der Waals surface area (Å²) in [4.78, 5) is 13.4. The van der Waals surface area contributed by atoms with Crippen LogP contribution in [-0.2, 0) is 4.79 Å². The molecule has 0 saturated heterocycles. The van der Waals surface area contributed by atoms with E-state index in [-0.39, 0.29) is 11.2 Å². The fourth-order valence-electron chi connectivity index (χ4n) is 4.55. The van der Waals surface area contributed by atoms with Gasteiger partial charge in [0, 0.05) is 31.8 Å². The van der Waals surface area contributed by atoms with Crippen molar-refractivity contribution in [3.8, 4) is 23.3 Å². The number of Topliss-reactive ketones (excluding diaryl/α,β-unsaturated/α-hetero) is 1. The lowest BCUT2D eigenvalue weighted by molar-refractivity contribution is -0.119. The minimum Gasteiger partial charge on any atom is -0.493 e. The molecule has 2 N–H and O–H groups in total. The number of nitrogens with zero attached hydrogens (tertiary/aromatic N) is 3. The Bertz CT molecular complexity index is 992. The zero-order chi connectivity index (χ0) is 23.1. The summed E-state index contributed by atoms with van der Waals surface area (Å²) in [5, 5.41) is 13.7. The van der Waals surface area contributed by atoms with Crippen LogP contribution >= 0.6 is 0 Å². The number of ether oxygens (including phenoxy) is 3. The van der Waals surface area contributed by atoms with E-state index in [1.54, 1.807) is 17.1 Å². The summed E-state index contributed by atoms with van der Waals surface area (Å²) in [6.45, 7) is 4.13. The molecule has 0 unspecified atom stereocenters. The lowest BCUT2D eigenvalue weighted by atomic mass is 9.69. The number of allylic oxidation sites excluding steroid dienone is 3. The SMILES string of the molecule is COc1cc([C@H]2C(C#N)=C(N)N(N(C)C)C3=C2C(=O)CC(C)(C)C3)cc(OC)c1OC. The monoisotopic (exact) mass is 426 g/mol. The number of hydrogen-bond donors (Lipinski definition) is 1. The van der Waals surface area contributed by atoms with Crippen LogP contribution in [0.25, 0.3) is 0 Å². The second kappa shape index (κ2) is 8.16. The van der Waals surface area contributed by atoms with Gasteiger partial charge in [0.05, 0.1) is 38.9 Å². The van der Waals surface area contributed by atoms with Crippen LogP contribution in [0.1, 0.15) is 38.2 Å². The van der Waals surface area contributed by atoms with Crippen molar-refractivity contribution < 1.29 is 19.0 Å². The summed E-state index contributed by atoms with van der Waals surface area (Å²) in [5.74, 6) is 1.06. The van der Waals surface area contributed by atoms with Crippen LogP contribution in [0, 0.1) is 16.7 Å². The fraction of sp³-hybridized carbons (Fsp3) is 0.478. The average molecular weight is 427 g/mol. The smallest absolute Gasteiger partial charge is 0.203 e. The zero-order valence-corrected chi connectivity index (χ0v) is 19.2. The predicted molar refractivity (Wildman–Crippen MR) is 116 cm³/mol. The van der Waals surface area contributed by atoms with Crippen molar-refractivity contribution >= 4 is 5.78 Å². The van der Waals surface area contributed by atoms with E-state index in [0.717, 1.165) is 5.70 Å². The van der Waals surface area contributed by atoms with Crippen LogP contribution in [0.2, 0.25) is 0 Å². The van der Waals surface area contributed by atoms with E-state index in [9.17, 15) is 10.1 Å². The fourth-order valence-corrected chi connectivity index (χ4v) is 4.55. The molecule has 1 aliphatic carbocycles. The maximum atomic E-state index is 13.4. The lowest BCUT2D eigenvalue weighted by Crippen LogP contribution is -2.47. The van der Waals surface area contributed by atoms with E-state index >= 15 is 0 Å². The minimum absolute atomic E-state index is 0.0112. The number of ketones is 1. The Morgan fingerprint density at radius 1 is 1.13 bits per heavy atom. The number of benzene rings is 1. The molecule has 8 nitrogen and oxygen atoms in total. The topological polar surface area (TPSA) is 101 Å². The molecule has 166 valence electrons. The van der Waals surface area contributed by atoms with Gasteiger partial charge < -0.3 is 19.9 Å². The molecular formula is C23H30N4O4. The number of rotatable bonds is 5. The van der Waals surface area contributed by atoms with Gasteiger partial charge in [-0.1, -0.05) is 13.8 Å². The largest absolute Gasteiger partial charge is 0.493 e. The first-order chi connectivity index (χ1) is 14.6. The summed E-state index contributed by atoms with van der Waals surface area (Å²) in [5.41, 5.74) is 8.71. The van der Waals surface area contributed by atoms with Gasteiger partial charge in [-0.05, 0) is 29.5 Å². The number of carbonyl (C=O) groups excluding carboxylic acids is 1. The molecule has 0 aromatic heterocycles. The maximum Gasteiger partial charge on any atom is 0.203 e. The molecule has 31 heavy (non-hydrogen) atoms. The van der Waals surface area contributed by atoms with Crippen molar-refractivity contribution in [1.82, 2.24) is 10.0 Å². The maximum absolute atomic E-state index is 13.4. The van der Waals surface area contributed by atoms with Gasteiger partial charge in [0.1, 0.15) is 5.82 Å². The van der Waals surface area contributed by atoms with E-state index in [1.807, 2.05) is 19.1 Å². The van der Waals surface area contributed by atoms with Gasteiger partial charge in [0.25, 0.3) is 0 Å². The van der Waals surface area contributed by atoms with Crippen molar-refractivity contribution in [2.45, 2.75) is 32.6 Å². The number of hydrazine groups is 1. The lowest BCUT2D eigenvalue weighted by Gasteiger charge is -2.45. The molecule has 0 spiro atoms. The normalized spacial score (nSPS) is 20.5. The van der Waals surface area contributed by atoms with Gasteiger partial charge in [0.2, 0.25) is 5.75 Å². The summed E-state index contributed by atoms with van der Waals surface area (Å²) >= 11 is 0. The van der Waals surface area contributed by atoms with Crippen LogP contribution in [-0.4, -0.2) is 51.2 Å². The van der Waals surface area contributed by atoms with Gasteiger partial charge in [0.15, 0.2) is 17.3 Å². The molecule has 8 heteroatoms. The molecular weight excluding hydrogens is 396 g/mol. The molecule has 1 aromatic rings. The number of nitriles is 1. The summed E-state index contributed by atoms with van der Waals surface area (Å²) in [7, 11) is 8.28. The summed E-state index contributed by atoms with van der Waals surface area (Å²) in [6.07, 6.45) is 1.05. The molecule has 0 saturated carbocycles. The van der Waals surface area contributed by atoms with Crippen LogP contribution in [0.5, 0.6) is 17.2 Å². The summed E-state index contributed by atoms with van der Waals surface area (Å²) in [6, 6.07) is 5.81. The van der Waals surface area contributed by atoms with Crippen molar-refractivity contribution in [2.75, 3.05) is 35.4 Å². The van der Waals surface area contributed by atoms with Crippen LogP contribution < -0.4 is 19.9 Å². The van der Waals surface area contributed by atoms with Crippen molar-refractivity contribution in [3.63, 3.8) is 0 Å². The highest BCUT2D eigenvalue weighted by Gasteiger charge is 2.45. The van der Waals surface area contributed by atoms with E-state index in [2.05, 4.69) is 19.9 Å². The van der Waals surface area contributed by atoms with E-state index in [0.29, 0.717) is 52.6 Å². The van der Waals surface area contributed by atoms with E-state index in [4.69, 9.17) is 19.9 Å². The molecule has 1 atom stereocenters. The Balaban J connectivity index is 2.34. The minimum atomic E-state index is -0.617. The molecule has 3 rings (SSSR count). The van der Waals surface area contributed by atoms with Gasteiger partial charge >= 0.3 is 0 Å². The quantitative estimate of drug-likeness (QED) is 0.767.